The number of nitrogens with zero attached hydrogens (tertiary/aromatic N) is 3. The van der Waals surface area contributed by atoms with Gasteiger partial charge >= 0.3 is 0 Å². The molecule has 0 spiro atoms. The Hall–Kier alpha value is -4.73. The number of amides is 2. The number of hydrogen-bond donors (Lipinski definition) is 1. The SMILES string of the molecule is COc1ccc(-c2cc3n(n2)C[C@](C)(C(=O)NCc2ccccc2OC)N(c2ccc(F)cc2F)C3=O)cc1. The summed E-state index contributed by atoms with van der Waals surface area (Å²) in [7, 11) is 3.09. The van der Waals surface area contributed by atoms with Gasteiger partial charge in [-0.15, -0.1) is 0 Å². The Balaban J connectivity index is 1.55. The molecule has 4 aromatic rings. The number of methoxy groups -OCH3 is 2. The summed E-state index contributed by atoms with van der Waals surface area (Å²) < 4.78 is 40.9. The molecule has 0 fully saturated rings. The number of ether oxygens (including phenoxy) is 2. The normalized spacial score (nSPS) is 16.5. The van der Waals surface area contributed by atoms with Gasteiger partial charge in [0.2, 0.25) is 5.91 Å². The molecule has 1 aliphatic rings. The smallest absolute Gasteiger partial charge is 0.277 e. The van der Waals surface area contributed by atoms with Gasteiger partial charge in [0.1, 0.15) is 34.4 Å². The van der Waals surface area contributed by atoms with Gasteiger partial charge in [-0.05, 0) is 55.5 Å². The number of anilines is 1. The first-order valence-electron chi connectivity index (χ1n) is 12.2. The van der Waals surface area contributed by atoms with Gasteiger partial charge in [0.05, 0.1) is 32.1 Å². The zero-order valence-corrected chi connectivity index (χ0v) is 21.6. The van der Waals surface area contributed by atoms with E-state index in [1.165, 1.54) is 18.7 Å². The van der Waals surface area contributed by atoms with Gasteiger partial charge in [0.25, 0.3) is 5.91 Å². The Morgan fingerprint density at radius 2 is 1.77 bits per heavy atom. The molecule has 0 saturated carbocycles. The molecule has 1 aliphatic heterocycles. The Bertz CT molecular complexity index is 1550. The van der Waals surface area contributed by atoms with Crippen molar-refractivity contribution in [1.29, 1.82) is 0 Å². The highest BCUT2D eigenvalue weighted by Crippen LogP contribution is 2.36. The molecule has 10 heteroatoms. The molecule has 0 saturated heterocycles. The number of carbonyl (C=O) groups is 2. The predicted molar refractivity (Wildman–Crippen MR) is 141 cm³/mol. The molecular formula is C29H26F2N4O4. The highest BCUT2D eigenvalue weighted by atomic mass is 19.1. The molecular weight excluding hydrogens is 506 g/mol. The van der Waals surface area contributed by atoms with Gasteiger partial charge in [-0.1, -0.05) is 18.2 Å². The van der Waals surface area contributed by atoms with Crippen molar-refractivity contribution in [2.75, 3.05) is 19.1 Å². The van der Waals surface area contributed by atoms with Crippen molar-refractivity contribution in [3.63, 3.8) is 0 Å². The molecule has 0 unspecified atom stereocenters. The number of nitrogens with one attached hydrogen (secondary N) is 1. The van der Waals surface area contributed by atoms with Crippen LogP contribution in [0, 0.1) is 11.6 Å². The van der Waals surface area contributed by atoms with Crippen LogP contribution in [0.2, 0.25) is 0 Å². The first kappa shape index (κ1) is 25.9. The Morgan fingerprint density at radius 3 is 2.46 bits per heavy atom. The third-order valence-electron chi connectivity index (χ3n) is 6.81. The fourth-order valence-electron chi connectivity index (χ4n) is 4.74. The molecule has 3 aromatic carbocycles. The molecule has 39 heavy (non-hydrogen) atoms. The number of para-hydroxylation sites is 1. The molecule has 2 heterocycles. The number of aromatic nitrogens is 2. The maximum Gasteiger partial charge on any atom is 0.277 e. The van der Waals surface area contributed by atoms with Gasteiger partial charge in [0.15, 0.2) is 0 Å². The van der Waals surface area contributed by atoms with E-state index in [2.05, 4.69) is 10.4 Å². The molecule has 1 aromatic heterocycles. The largest absolute Gasteiger partial charge is 0.497 e. The first-order valence-corrected chi connectivity index (χ1v) is 12.2. The Morgan fingerprint density at radius 1 is 1.03 bits per heavy atom. The number of rotatable bonds is 7. The molecule has 5 rings (SSSR count). The van der Waals surface area contributed by atoms with Crippen LogP contribution in [0.4, 0.5) is 14.5 Å². The summed E-state index contributed by atoms with van der Waals surface area (Å²) in [5.74, 6) is -1.70. The monoisotopic (exact) mass is 532 g/mol. The standard InChI is InChI=1S/C29H26F2N4O4/c1-29(28(37)32-16-19-6-4-5-7-26(19)39-3)17-34-25(15-23(33-34)18-8-11-21(38-2)12-9-18)27(36)35(29)24-13-10-20(30)14-22(24)31/h4-15H,16-17H2,1-3H3,(H,32,37)/t29-/m1/s1. The Kier molecular flexibility index (Phi) is 6.78. The topological polar surface area (TPSA) is 85.7 Å². The second-order valence-corrected chi connectivity index (χ2v) is 9.31. The van der Waals surface area contributed by atoms with Crippen molar-refractivity contribution in [1.82, 2.24) is 15.1 Å². The summed E-state index contributed by atoms with van der Waals surface area (Å²) >= 11 is 0. The van der Waals surface area contributed by atoms with E-state index in [9.17, 15) is 14.0 Å². The molecule has 8 nitrogen and oxygen atoms in total. The minimum Gasteiger partial charge on any atom is -0.497 e. The second kappa shape index (κ2) is 10.2. The van der Waals surface area contributed by atoms with Crippen molar-refractivity contribution in [2.45, 2.75) is 25.6 Å². The fraction of sp³-hybridized carbons (Fsp3) is 0.207. The summed E-state index contributed by atoms with van der Waals surface area (Å²) in [6.07, 6.45) is 0. The first-order chi connectivity index (χ1) is 18.7. The summed E-state index contributed by atoms with van der Waals surface area (Å²) in [4.78, 5) is 28.7. The van der Waals surface area contributed by atoms with Crippen LogP contribution in [0.15, 0.2) is 72.8 Å². The van der Waals surface area contributed by atoms with Crippen LogP contribution in [0.25, 0.3) is 11.3 Å². The lowest BCUT2D eigenvalue weighted by molar-refractivity contribution is -0.126. The maximum atomic E-state index is 15.1. The summed E-state index contributed by atoms with van der Waals surface area (Å²) in [5, 5.41) is 7.44. The highest BCUT2D eigenvalue weighted by Gasteiger charge is 2.49. The molecule has 1 N–H and O–H groups in total. The van der Waals surface area contributed by atoms with E-state index in [1.807, 2.05) is 12.1 Å². The lowest BCUT2D eigenvalue weighted by atomic mass is 9.93. The maximum absolute atomic E-state index is 15.1. The van der Waals surface area contributed by atoms with Crippen molar-refractivity contribution >= 4 is 17.5 Å². The highest BCUT2D eigenvalue weighted by molar-refractivity contribution is 6.12. The van der Waals surface area contributed by atoms with Gasteiger partial charge in [-0.3, -0.25) is 19.2 Å². The Labute approximate surface area is 223 Å². The van der Waals surface area contributed by atoms with Crippen LogP contribution >= 0.6 is 0 Å². The minimum atomic E-state index is -1.60. The van der Waals surface area contributed by atoms with E-state index >= 15 is 4.39 Å². The van der Waals surface area contributed by atoms with E-state index in [4.69, 9.17) is 9.47 Å². The van der Waals surface area contributed by atoms with E-state index in [-0.39, 0.29) is 24.5 Å². The third-order valence-corrected chi connectivity index (χ3v) is 6.81. The molecule has 0 aliphatic carbocycles. The lowest BCUT2D eigenvalue weighted by Crippen LogP contribution is -2.64. The second-order valence-electron chi connectivity index (χ2n) is 9.31. The van der Waals surface area contributed by atoms with Gasteiger partial charge in [0, 0.05) is 23.7 Å². The zero-order valence-electron chi connectivity index (χ0n) is 21.6. The molecule has 1 atom stereocenters. The van der Waals surface area contributed by atoms with E-state index in [0.717, 1.165) is 28.2 Å². The fourth-order valence-corrected chi connectivity index (χ4v) is 4.74. The average Bonchev–Trinajstić information content (AvgIpc) is 3.37. The number of fused-ring (bicyclic) bond motifs is 1. The quantitative estimate of drug-likeness (QED) is 0.377. The van der Waals surface area contributed by atoms with Crippen molar-refractivity contribution in [2.24, 2.45) is 0 Å². The molecule has 200 valence electrons. The van der Waals surface area contributed by atoms with Crippen LogP contribution in [0.5, 0.6) is 11.5 Å². The lowest BCUT2D eigenvalue weighted by Gasteiger charge is -2.43. The molecule has 2 amide bonds. The van der Waals surface area contributed by atoms with Crippen LogP contribution in [-0.2, 0) is 17.9 Å². The number of benzene rings is 3. The number of hydrogen-bond acceptors (Lipinski definition) is 5. The molecule has 0 bridgehead atoms. The predicted octanol–water partition coefficient (Wildman–Crippen LogP) is 4.58. The number of carbonyl (C=O) groups excluding carboxylic acids is 2. The third kappa shape index (κ3) is 4.69. The van der Waals surface area contributed by atoms with Crippen LogP contribution in [0.3, 0.4) is 0 Å². The van der Waals surface area contributed by atoms with Crippen LogP contribution in [0.1, 0.15) is 23.0 Å². The van der Waals surface area contributed by atoms with Crippen LogP contribution in [-0.4, -0.2) is 41.4 Å². The minimum absolute atomic E-state index is 0.0706. The van der Waals surface area contributed by atoms with Crippen molar-refractivity contribution < 1.29 is 27.8 Å². The summed E-state index contributed by atoms with van der Waals surface area (Å²) in [5.41, 5.74) is 0.301. The summed E-state index contributed by atoms with van der Waals surface area (Å²) in [6.45, 7) is 1.57. The van der Waals surface area contributed by atoms with Crippen molar-refractivity contribution in [3.05, 3.63) is 95.7 Å². The zero-order chi connectivity index (χ0) is 27.7. The van der Waals surface area contributed by atoms with Gasteiger partial charge < -0.3 is 14.8 Å². The molecule has 0 radical (unpaired) electrons. The van der Waals surface area contributed by atoms with Gasteiger partial charge in [-0.2, -0.15) is 5.10 Å². The van der Waals surface area contributed by atoms with E-state index < -0.39 is 29.0 Å². The van der Waals surface area contributed by atoms with Crippen LogP contribution < -0.4 is 19.7 Å². The van der Waals surface area contributed by atoms with E-state index in [0.29, 0.717) is 23.3 Å². The van der Waals surface area contributed by atoms with Gasteiger partial charge in [-0.25, -0.2) is 8.78 Å². The number of halogens is 2. The van der Waals surface area contributed by atoms with Crippen molar-refractivity contribution in [3.8, 4) is 22.8 Å². The van der Waals surface area contributed by atoms with E-state index in [1.54, 1.807) is 49.6 Å². The average molecular weight is 533 g/mol. The summed E-state index contributed by atoms with van der Waals surface area (Å²) in [6, 6.07) is 18.8.